The quantitative estimate of drug-likeness (QED) is 0.752. The average Bonchev–Trinajstić information content (AvgIpc) is 2.40. The molecule has 0 bridgehead atoms. The van der Waals surface area contributed by atoms with E-state index >= 15 is 0 Å². The Kier molecular flexibility index (Phi) is 5.73. The highest BCUT2D eigenvalue weighted by Gasteiger charge is 2.27. The first-order valence-electron chi connectivity index (χ1n) is 7.30. The van der Waals surface area contributed by atoms with E-state index < -0.39 is 0 Å². The first-order chi connectivity index (χ1) is 9.11. The molecule has 2 rings (SSSR count). The van der Waals surface area contributed by atoms with Crippen LogP contribution < -0.4 is 5.32 Å². The smallest absolute Gasteiger partial charge is 0.0410 e. The Morgan fingerprint density at radius 2 is 2.00 bits per heavy atom. The van der Waals surface area contributed by atoms with Crippen molar-refractivity contribution in [2.24, 2.45) is 11.8 Å². The molecule has 1 aliphatic rings. The minimum Gasteiger partial charge on any atom is -0.310 e. The molecule has 1 aromatic carbocycles. The highest BCUT2D eigenvalue weighted by molar-refractivity contribution is 9.10. The van der Waals surface area contributed by atoms with E-state index in [0.29, 0.717) is 6.04 Å². The van der Waals surface area contributed by atoms with Crippen LogP contribution in [0.1, 0.15) is 51.1 Å². The number of benzene rings is 1. The van der Waals surface area contributed by atoms with Crippen LogP contribution in [0.5, 0.6) is 0 Å². The zero-order valence-corrected chi connectivity index (χ0v) is 14.1. The van der Waals surface area contributed by atoms with Gasteiger partial charge in [0.1, 0.15) is 0 Å². The van der Waals surface area contributed by atoms with Gasteiger partial charge in [-0.05, 0) is 55.0 Å². The van der Waals surface area contributed by atoms with Gasteiger partial charge in [-0.2, -0.15) is 0 Å². The van der Waals surface area contributed by atoms with Crippen molar-refractivity contribution in [2.75, 3.05) is 6.54 Å². The third-order valence-corrected chi connectivity index (χ3v) is 5.21. The van der Waals surface area contributed by atoms with Crippen molar-refractivity contribution in [1.82, 2.24) is 5.32 Å². The summed E-state index contributed by atoms with van der Waals surface area (Å²) in [7, 11) is 0. The lowest BCUT2D eigenvalue weighted by atomic mass is 9.77. The van der Waals surface area contributed by atoms with Crippen LogP contribution in [-0.4, -0.2) is 6.54 Å². The number of hydrogen-bond donors (Lipinski definition) is 1. The van der Waals surface area contributed by atoms with Gasteiger partial charge in [-0.3, -0.25) is 0 Å². The van der Waals surface area contributed by atoms with Gasteiger partial charge in [0.25, 0.3) is 0 Å². The van der Waals surface area contributed by atoms with Gasteiger partial charge in [-0.25, -0.2) is 0 Å². The molecule has 3 heteroatoms. The summed E-state index contributed by atoms with van der Waals surface area (Å²) >= 11 is 9.86. The number of halogens is 2. The summed E-state index contributed by atoms with van der Waals surface area (Å²) in [6.45, 7) is 5.54. The molecular weight excluding hydrogens is 322 g/mol. The molecule has 0 aliphatic heterocycles. The van der Waals surface area contributed by atoms with E-state index in [9.17, 15) is 0 Å². The Morgan fingerprint density at radius 3 is 2.63 bits per heavy atom. The molecule has 1 unspecified atom stereocenters. The number of rotatable bonds is 4. The van der Waals surface area contributed by atoms with Crippen LogP contribution in [0.4, 0.5) is 0 Å². The molecule has 1 nitrogen and oxygen atoms in total. The van der Waals surface area contributed by atoms with Gasteiger partial charge >= 0.3 is 0 Å². The number of nitrogens with one attached hydrogen (secondary N) is 1. The normalized spacial score (nSPS) is 25.3. The van der Waals surface area contributed by atoms with Gasteiger partial charge in [0.05, 0.1) is 0 Å². The summed E-state index contributed by atoms with van der Waals surface area (Å²) in [4.78, 5) is 0. The van der Waals surface area contributed by atoms with Crippen molar-refractivity contribution in [3.05, 3.63) is 33.3 Å². The molecule has 19 heavy (non-hydrogen) atoms. The lowest BCUT2D eigenvalue weighted by Crippen LogP contribution is -2.31. The van der Waals surface area contributed by atoms with Crippen LogP contribution in [0.3, 0.4) is 0 Å². The molecule has 1 fully saturated rings. The molecule has 1 saturated carbocycles. The molecule has 1 aliphatic carbocycles. The Labute approximate surface area is 130 Å². The SMILES string of the molecule is CCNC(c1cc(Cl)ccc1Br)C1CCC(C)CC1. The number of hydrogen-bond acceptors (Lipinski definition) is 1. The summed E-state index contributed by atoms with van der Waals surface area (Å²) < 4.78 is 1.17. The molecule has 1 N–H and O–H groups in total. The molecule has 0 aromatic heterocycles. The van der Waals surface area contributed by atoms with Gasteiger partial charge in [0, 0.05) is 15.5 Å². The monoisotopic (exact) mass is 343 g/mol. The molecule has 0 spiro atoms. The maximum absolute atomic E-state index is 6.17. The standard InChI is InChI=1S/C16H23BrClN/c1-3-19-16(12-6-4-11(2)5-7-12)14-10-13(18)8-9-15(14)17/h8-12,16,19H,3-7H2,1-2H3. The molecule has 0 amide bonds. The van der Waals surface area contributed by atoms with Gasteiger partial charge in [0.15, 0.2) is 0 Å². The van der Waals surface area contributed by atoms with E-state index in [2.05, 4.69) is 47.2 Å². The second kappa shape index (κ2) is 7.10. The third-order valence-electron chi connectivity index (χ3n) is 4.25. The van der Waals surface area contributed by atoms with E-state index in [1.165, 1.54) is 35.7 Å². The maximum Gasteiger partial charge on any atom is 0.0410 e. The lowest BCUT2D eigenvalue weighted by molar-refractivity contribution is 0.233. The largest absolute Gasteiger partial charge is 0.310 e. The highest BCUT2D eigenvalue weighted by atomic mass is 79.9. The fourth-order valence-corrected chi connectivity index (χ4v) is 3.80. The van der Waals surface area contributed by atoms with Gasteiger partial charge in [-0.15, -0.1) is 0 Å². The van der Waals surface area contributed by atoms with Crippen molar-refractivity contribution in [3.63, 3.8) is 0 Å². The molecule has 106 valence electrons. The predicted molar refractivity (Wildman–Crippen MR) is 86.7 cm³/mol. The van der Waals surface area contributed by atoms with Crippen molar-refractivity contribution in [3.8, 4) is 0 Å². The van der Waals surface area contributed by atoms with E-state index in [4.69, 9.17) is 11.6 Å². The van der Waals surface area contributed by atoms with E-state index in [-0.39, 0.29) is 0 Å². The van der Waals surface area contributed by atoms with E-state index in [1.807, 2.05) is 6.07 Å². The molecule has 1 atom stereocenters. The molecule has 0 saturated heterocycles. The first-order valence-corrected chi connectivity index (χ1v) is 8.47. The Morgan fingerprint density at radius 1 is 1.32 bits per heavy atom. The summed E-state index contributed by atoms with van der Waals surface area (Å²) in [5, 5.41) is 4.49. The lowest BCUT2D eigenvalue weighted by Gasteiger charge is -2.34. The molecule has 0 heterocycles. The Balaban J connectivity index is 2.21. The summed E-state index contributed by atoms with van der Waals surface area (Å²) in [6, 6.07) is 6.54. The zero-order chi connectivity index (χ0) is 13.8. The topological polar surface area (TPSA) is 12.0 Å². The van der Waals surface area contributed by atoms with Crippen LogP contribution in [0.25, 0.3) is 0 Å². The van der Waals surface area contributed by atoms with Crippen molar-refractivity contribution < 1.29 is 0 Å². The average molecular weight is 345 g/mol. The minimum absolute atomic E-state index is 0.422. The van der Waals surface area contributed by atoms with Crippen molar-refractivity contribution in [1.29, 1.82) is 0 Å². The molecule has 1 aromatic rings. The summed E-state index contributed by atoms with van der Waals surface area (Å²) in [5.74, 6) is 1.62. The Hall–Kier alpha value is -0.0500. The molecule has 0 radical (unpaired) electrons. The molecular formula is C16H23BrClN. The first kappa shape index (κ1) is 15.3. The van der Waals surface area contributed by atoms with Crippen LogP contribution in [0.15, 0.2) is 22.7 Å². The van der Waals surface area contributed by atoms with E-state index in [0.717, 1.165) is 23.4 Å². The van der Waals surface area contributed by atoms with E-state index in [1.54, 1.807) is 0 Å². The van der Waals surface area contributed by atoms with Gasteiger partial charge < -0.3 is 5.32 Å². The Bertz CT molecular complexity index is 413. The van der Waals surface area contributed by atoms with Gasteiger partial charge in [-0.1, -0.05) is 54.2 Å². The highest BCUT2D eigenvalue weighted by Crippen LogP contribution is 2.39. The zero-order valence-electron chi connectivity index (χ0n) is 11.8. The van der Waals surface area contributed by atoms with Crippen LogP contribution in [0, 0.1) is 11.8 Å². The van der Waals surface area contributed by atoms with Crippen molar-refractivity contribution >= 4 is 27.5 Å². The summed E-state index contributed by atoms with van der Waals surface area (Å²) in [6.07, 6.45) is 5.34. The maximum atomic E-state index is 6.17. The van der Waals surface area contributed by atoms with Crippen LogP contribution in [0.2, 0.25) is 5.02 Å². The third kappa shape index (κ3) is 3.96. The second-order valence-corrected chi connectivity index (χ2v) is 7.01. The minimum atomic E-state index is 0.422. The van der Waals surface area contributed by atoms with Crippen LogP contribution >= 0.6 is 27.5 Å². The predicted octanol–water partition coefficient (Wildman–Crippen LogP) is 5.58. The van der Waals surface area contributed by atoms with Gasteiger partial charge in [0.2, 0.25) is 0 Å². The van der Waals surface area contributed by atoms with Crippen molar-refractivity contribution in [2.45, 2.75) is 45.6 Å². The second-order valence-electron chi connectivity index (χ2n) is 5.72. The van der Waals surface area contributed by atoms with Crippen LogP contribution in [-0.2, 0) is 0 Å². The fourth-order valence-electron chi connectivity index (χ4n) is 3.12. The fraction of sp³-hybridized carbons (Fsp3) is 0.625. The summed E-state index contributed by atoms with van der Waals surface area (Å²) in [5.41, 5.74) is 1.31.